The van der Waals surface area contributed by atoms with E-state index in [1.165, 1.54) is 5.56 Å². The predicted molar refractivity (Wildman–Crippen MR) is 117 cm³/mol. The van der Waals surface area contributed by atoms with Crippen LogP contribution in [0.5, 0.6) is 11.5 Å². The number of amides is 1. The van der Waals surface area contributed by atoms with Crippen LogP contribution in [-0.2, 0) is 17.9 Å². The molecule has 0 N–H and O–H groups in total. The molecule has 2 aromatic carbocycles. The molecule has 1 amide bonds. The highest BCUT2D eigenvalue weighted by Crippen LogP contribution is 2.32. The molecule has 0 bridgehead atoms. The molecule has 0 aliphatic carbocycles. The largest absolute Gasteiger partial charge is 0.454 e. The summed E-state index contributed by atoms with van der Waals surface area (Å²) in [5, 5.41) is 1.56. The zero-order valence-corrected chi connectivity index (χ0v) is 17.5. The lowest BCUT2D eigenvalue weighted by atomic mass is 10.1. The molecule has 1 aromatic heterocycles. The minimum atomic E-state index is -0.106. The third-order valence-corrected chi connectivity index (χ3v) is 6.09. The molecule has 160 valence electrons. The summed E-state index contributed by atoms with van der Waals surface area (Å²) in [4.78, 5) is 30.0. The lowest BCUT2D eigenvalue weighted by Crippen LogP contribution is -2.49. The number of aryl methyl sites for hydroxylation is 1. The fraction of sp³-hybridized carbons (Fsp3) is 0.333. The minimum absolute atomic E-state index is 0.0109. The minimum Gasteiger partial charge on any atom is -0.454 e. The lowest BCUT2D eigenvalue weighted by Gasteiger charge is -2.35. The van der Waals surface area contributed by atoms with Crippen LogP contribution in [-0.4, -0.2) is 53.2 Å². The monoisotopic (exact) mass is 419 g/mol. The van der Waals surface area contributed by atoms with E-state index in [1.54, 1.807) is 4.57 Å². The summed E-state index contributed by atoms with van der Waals surface area (Å²) >= 11 is 0. The van der Waals surface area contributed by atoms with Gasteiger partial charge >= 0.3 is 0 Å². The van der Waals surface area contributed by atoms with Crippen LogP contribution < -0.4 is 15.0 Å². The van der Waals surface area contributed by atoms with Crippen LogP contribution in [0.25, 0.3) is 10.8 Å². The van der Waals surface area contributed by atoms with Gasteiger partial charge in [-0.05, 0) is 42.1 Å². The normalized spacial score (nSPS) is 16.1. The molecule has 5 rings (SSSR count). The number of hydrogen-bond acceptors (Lipinski definition) is 5. The van der Waals surface area contributed by atoms with Crippen molar-refractivity contribution in [2.75, 3.05) is 33.0 Å². The molecule has 7 nitrogen and oxygen atoms in total. The topological polar surface area (TPSA) is 64.0 Å². The Morgan fingerprint density at radius 2 is 1.74 bits per heavy atom. The van der Waals surface area contributed by atoms with Crippen LogP contribution in [0.2, 0.25) is 0 Å². The number of aromatic nitrogens is 1. The molecule has 0 spiro atoms. The molecule has 0 saturated carbocycles. The maximum absolute atomic E-state index is 12.9. The fourth-order valence-electron chi connectivity index (χ4n) is 4.31. The van der Waals surface area contributed by atoms with Crippen molar-refractivity contribution in [1.82, 2.24) is 14.4 Å². The first-order valence-electron chi connectivity index (χ1n) is 10.6. The summed E-state index contributed by atoms with van der Waals surface area (Å²) in [5.74, 6) is 1.57. The number of carbonyl (C=O) groups is 1. The average molecular weight is 419 g/mol. The smallest absolute Gasteiger partial charge is 0.259 e. The Hall–Kier alpha value is -3.32. The molecular formula is C24H25N3O4. The van der Waals surface area contributed by atoms with Gasteiger partial charge in [0.05, 0.1) is 0 Å². The van der Waals surface area contributed by atoms with Gasteiger partial charge in [0, 0.05) is 43.8 Å². The Labute approximate surface area is 180 Å². The fourth-order valence-corrected chi connectivity index (χ4v) is 4.31. The van der Waals surface area contributed by atoms with Crippen molar-refractivity contribution >= 4 is 16.7 Å². The molecule has 0 radical (unpaired) electrons. The number of rotatable bonds is 4. The zero-order chi connectivity index (χ0) is 21.4. The second kappa shape index (κ2) is 8.07. The number of fused-ring (bicyclic) bond motifs is 2. The standard InChI is InChI=1S/C24H25N3O4/c1-17-12-19-4-2-3-5-20(19)24(29)27(17)15-23(28)26-10-8-25(9-11-26)14-18-6-7-21-22(13-18)31-16-30-21/h2-7,12-13H,8-11,14-16H2,1H3. The van der Waals surface area contributed by atoms with E-state index in [-0.39, 0.29) is 24.8 Å². The van der Waals surface area contributed by atoms with Crippen LogP contribution >= 0.6 is 0 Å². The van der Waals surface area contributed by atoms with Crippen LogP contribution in [0.15, 0.2) is 53.3 Å². The molecule has 1 saturated heterocycles. The highest BCUT2D eigenvalue weighted by atomic mass is 16.7. The molecular weight excluding hydrogens is 394 g/mol. The van der Waals surface area contributed by atoms with E-state index in [9.17, 15) is 9.59 Å². The highest BCUT2D eigenvalue weighted by molar-refractivity contribution is 5.82. The van der Waals surface area contributed by atoms with Crippen LogP contribution in [0.3, 0.4) is 0 Å². The first-order valence-corrected chi connectivity index (χ1v) is 10.6. The van der Waals surface area contributed by atoms with E-state index < -0.39 is 0 Å². The van der Waals surface area contributed by atoms with E-state index in [0.29, 0.717) is 18.5 Å². The second-order valence-electron chi connectivity index (χ2n) is 8.11. The van der Waals surface area contributed by atoms with Crippen molar-refractivity contribution in [3.05, 3.63) is 70.1 Å². The maximum atomic E-state index is 12.9. The van der Waals surface area contributed by atoms with Crippen molar-refractivity contribution in [1.29, 1.82) is 0 Å². The quantitative estimate of drug-likeness (QED) is 0.650. The van der Waals surface area contributed by atoms with Gasteiger partial charge in [-0.2, -0.15) is 0 Å². The van der Waals surface area contributed by atoms with Crippen molar-refractivity contribution in [2.45, 2.75) is 20.0 Å². The van der Waals surface area contributed by atoms with Gasteiger partial charge in [-0.1, -0.05) is 24.3 Å². The number of hydrogen-bond donors (Lipinski definition) is 0. The number of benzene rings is 2. The Morgan fingerprint density at radius 1 is 0.968 bits per heavy atom. The van der Waals surface area contributed by atoms with Gasteiger partial charge in [0.1, 0.15) is 6.54 Å². The first kappa shape index (κ1) is 19.6. The molecule has 2 aliphatic heterocycles. The third-order valence-electron chi connectivity index (χ3n) is 6.09. The molecule has 31 heavy (non-hydrogen) atoms. The van der Waals surface area contributed by atoms with Gasteiger partial charge < -0.3 is 18.9 Å². The third kappa shape index (κ3) is 3.88. The summed E-state index contributed by atoms with van der Waals surface area (Å²) in [7, 11) is 0. The predicted octanol–water partition coefficient (Wildman–Crippen LogP) is 2.38. The van der Waals surface area contributed by atoms with E-state index in [1.807, 2.05) is 54.3 Å². The summed E-state index contributed by atoms with van der Waals surface area (Å²) < 4.78 is 12.4. The van der Waals surface area contributed by atoms with Crippen molar-refractivity contribution in [2.24, 2.45) is 0 Å². The Kier molecular flexibility index (Phi) is 5.11. The number of nitrogens with zero attached hydrogens (tertiary/aromatic N) is 3. The van der Waals surface area contributed by atoms with Gasteiger partial charge in [0.25, 0.3) is 5.56 Å². The van der Waals surface area contributed by atoms with Crippen molar-refractivity contribution < 1.29 is 14.3 Å². The summed E-state index contributed by atoms with van der Waals surface area (Å²) in [6.45, 7) is 5.95. The lowest BCUT2D eigenvalue weighted by molar-refractivity contribution is -0.133. The zero-order valence-electron chi connectivity index (χ0n) is 17.5. The van der Waals surface area contributed by atoms with Gasteiger partial charge in [-0.25, -0.2) is 0 Å². The van der Waals surface area contributed by atoms with E-state index in [2.05, 4.69) is 11.0 Å². The molecule has 0 unspecified atom stereocenters. The van der Waals surface area contributed by atoms with Gasteiger partial charge in [0.2, 0.25) is 12.7 Å². The first-order chi connectivity index (χ1) is 15.1. The molecule has 3 aromatic rings. The highest BCUT2D eigenvalue weighted by Gasteiger charge is 2.23. The summed E-state index contributed by atoms with van der Waals surface area (Å²) in [6, 6.07) is 15.5. The Balaban J connectivity index is 1.22. The van der Waals surface area contributed by atoms with Gasteiger partial charge in [-0.3, -0.25) is 14.5 Å². The second-order valence-corrected chi connectivity index (χ2v) is 8.11. The van der Waals surface area contributed by atoms with Crippen LogP contribution in [0.1, 0.15) is 11.3 Å². The molecule has 1 fully saturated rings. The molecule has 7 heteroatoms. The number of ether oxygens (including phenoxy) is 2. The molecule has 0 atom stereocenters. The van der Waals surface area contributed by atoms with E-state index in [0.717, 1.165) is 42.2 Å². The maximum Gasteiger partial charge on any atom is 0.259 e. The van der Waals surface area contributed by atoms with Gasteiger partial charge in [-0.15, -0.1) is 0 Å². The van der Waals surface area contributed by atoms with Gasteiger partial charge in [0.15, 0.2) is 11.5 Å². The SMILES string of the molecule is Cc1cc2ccccc2c(=O)n1CC(=O)N1CCN(Cc2ccc3c(c2)OCO3)CC1. The summed E-state index contributed by atoms with van der Waals surface area (Å²) in [6.07, 6.45) is 0. The van der Waals surface area contributed by atoms with Crippen LogP contribution in [0, 0.1) is 6.92 Å². The molecule has 3 heterocycles. The number of carbonyl (C=O) groups excluding carboxylic acids is 1. The van der Waals surface area contributed by atoms with Crippen molar-refractivity contribution in [3.63, 3.8) is 0 Å². The molecule has 2 aliphatic rings. The summed E-state index contributed by atoms with van der Waals surface area (Å²) in [5.41, 5.74) is 1.87. The number of piperazine rings is 1. The van der Waals surface area contributed by atoms with E-state index in [4.69, 9.17) is 9.47 Å². The van der Waals surface area contributed by atoms with Crippen molar-refractivity contribution in [3.8, 4) is 11.5 Å². The Morgan fingerprint density at radius 3 is 2.58 bits per heavy atom. The average Bonchev–Trinajstić information content (AvgIpc) is 3.25. The van der Waals surface area contributed by atoms with Crippen LogP contribution in [0.4, 0.5) is 0 Å². The number of pyridine rings is 1. The Bertz CT molecular complexity index is 1200. The van der Waals surface area contributed by atoms with E-state index >= 15 is 0 Å².